The monoisotopic (exact) mass is 325 g/mol. The molecule has 0 aliphatic carbocycles. The first-order valence-electron chi connectivity index (χ1n) is 7.53. The number of hydrogen-bond donors (Lipinski definition) is 1. The zero-order valence-corrected chi connectivity index (χ0v) is 13.9. The molecule has 2 aromatic heterocycles. The van der Waals surface area contributed by atoms with E-state index in [9.17, 15) is 4.79 Å². The van der Waals surface area contributed by atoms with Crippen LogP contribution in [-0.2, 0) is 13.6 Å². The van der Waals surface area contributed by atoms with Gasteiger partial charge in [-0.05, 0) is 18.2 Å². The van der Waals surface area contributed by atoms with Gasteiger partial charge in [0.1, 0.15) is 5.69 Å². The Morgan fingerprint density at radius 2 is 2.08 bits per heavy atom. The minimum Gasteiger partial charge on any atom is -0.493 e. The molecular formula is C18H19N3O3. The van der Waals surface area contributed by atoms with Crippen LogP contribution >= 0.6 is 0 Å². The van der Waals surface area contributed by atoms with Crippen LogP contribution in [0.3, 0.4) is 0 Å². The average Bonchev–Trinajstić information content (AvgIpc) is 2.96. The van der Waals surface area contributed by atoms with Crippen LogP contribution in [0.4, 0.5) is 0 Å². The first-order valence-corrected chi connectivity index (χ1v) is 7.53. The SMILES string of the molecule is COc1cccc(CNC(=O)c2cc3ccncc3n2C)c1OC. The van der Waals surface area contributed by atoms with E-state index in [1.54, 1.807) is 26.6 Å². The summed E-state index contributed by atoms with van der Waals surface area (Å²) in [4.78, 5) is 16.6. The standard InChI is InChI=1S/C18H19N3O3/c1-21-14(9-12-7-8-19-11-15(12)21)18(22)20-10-13-5-4-6-16(23-2)17(13)24-3/h4-9,11H,10H2,1-3H3,(H,20,22). The van der Waals surface area contributed by atoms with E-state index >= 15 is 0 Å². The van der Waals surface area contributed by atoms with E-state index in [2.05, 4.69) is 10.3 Å². The van der Waals surface area contributed by atoms with Crippen molar-refractivity contribution in [1.29, 1.82) is 0 Å². The minimum absolute atomic E-state index is 0.154. The molecule has 3 aromatic rings. The number of nitrogens with one attached hydrogen (secondary N) is 1. The molecule has 0 bridgehead atoms. The number of fused-ring (bicyclic) bond motifs is 1. The Morgan fingerprint density at radius 3 is 2.79 bits per heavy atom. The summed E-state index contributed by atoms with van der Waals surface area (Å²) in [5.74, 6) is 1.11. The Balaban J connectivity index is 1.82. The summed E-state index contributed by atoms with van der Waals surface area (Å²) in [7, 11) is 5.02. The molecule has 0 saturated carbocycles. The van der Waals surface area contributed by atoms with Crippen molar-refractivity contribution in [3.63, 3.8) is 0 Å². The smallest absolute Gasteiger partial charge is 0.268 e. The van der Waals surface area contributed by atoms with Crippen LogP contribution in [0.25, 0.3) is 10.9 Å². The summed E-state index contributed by atoms with van der Waals surface area (Å²) >= 11 is 0. The van der Waals surface area contributed by atoms with Crippen LogP contribution < -0.4 is 14.8 Å². The predicted octanol–water partition coefficient (Wildman–Crippen LogP) is 2.52. The van der Waals surface area contributed by atoms with Gasteiger partial charge in [-0.25, -0.2) is 0 Å². The molecule has 2 heterocycles. The molecule has 0 aliphatic heterocycles. The Hall–Kier alpha value is -3.02. The molecule has 0 atom stereocenters. The molecule has 3 rings (SSSR count). The van der Waals surface area contributed by atoms with Crippen molar-refractivity contribution in [3.05, 3.63) is 54.0 Å². The zero-order chi connectivity index (χ0) is 17.1. The first-order chi connectivity index (χ1) is 11.7. The molecule has 0 unspecified atom stereocenters. The third-order valence-corrected chi connectivity index (χ3v) is 4.00. The summed E-state index contributed by atoms with van der Waals surface area (Å²) in [6.07, 6.45) is 3.46. The van der Waals surface area contributed by atoms with Gasteiger partial charge in [-0.15, -0.1) is 0 Å². The number of methoxy groups -OCH3 is 2. The lowest BCUT2D eigenvalue weighted by Gasteiger charge is -2.13. The number of benzene rings is 1. The van der Waals surface area contributed by atoms with Gasteiger partial charge in [0.2, 0.25) is 0 Å². The number of pyridine rings is 1. The van der Waals surface area contributed by atoms with Gasteiger partial charge in [-0.2, -0.15) is 0 Å². The highest BCUT2D eigenvalue weighted by Gasteiger charge is 2.15. The summed E-state index contributed by atoms with van der Waals surface area (Å²) in [6, 6.07) is 9.33. The number of aryl methyl sites for hydroxylation is 1. The fraction of sp³-hybridized carbons (Fsp3) is 0.222. The molecule has 1 amide bonds. The normalized spacial score (nSPS) is 10.6. The van der Waals surface area contributed by atoms with Crippen LogP contribution in [-0.4, -0.2) is 29.7 Å². The lowest BCUT2D eigenvalue weighted by atomic mass is 10.2. The maximum atomic E-state index is 12.5. The summed E-state index contributed by atoms with van der Waals surface area (Å²) < 4.78 is 12.5. The Bertz CT molecular complexity index is 886. The summed E-state index contributed by atoms with van der Waals surface area (Å²) in [6.45, 7) is 0.346. The lowest BCUT2D eigenvalue weighted by Crippen LogP contribution is -2.25. The number of aromatic nitrogens is 2. The van der Waals surface area contributed by atoms with Crippen molar-refractivity contribution in [1.82, 2.24) is 14.9 Å². The van der Waals surface area contributed by atoms with Crippen molar-refractivity contribution in [3.8, 4) is 11.5 Å². The Morgan fingerprint density at radius 1 is 1.25 bits per heavy atom. The third kappa shape index (κ3) is 2.78. The van der Waals surface area contributed by atoms with Crippen molar-refractivity contribution in [2.75, 3.05) is 14.2 Å². The predicted molar refractivity (Wildman–Crippen MR) is 91.4 cm³/mol. The molecular weight excluding hydrogens is 306 g/mol. The number of carbonyl (C=O) groups excluding carboxylic acids is 1. The molecule has 0 saturated heterocycles. The highest BCUT2D eigenvalue weighted by atomic mass is 16.5. The lowest BCUT2D eigenvalue weighted by molar-refractivity contribution is 0.0943. The van der Waals surface area contributed by atoms with Gasteiger partial charge in [-0.1, -0.05) is 12.1 Å². The number of para-hydroxylation sites is 1. The number of ether oxygens (including phenoxy) is 2. The Kier molecular flexibility index (Phi) is 4.37. The molecule has 124 valence electrons. The second-order valence-electron chi connectivity index (χ2n) is 5.36. The molecule has 0 spiro atoms. The van der Waals surface area contributed by atoms with Crippen LogP contribution in [0, 0.1) is 0 Å². The average molecular weight is 325 g/mol. The summed E-state index contributed by atoms with van der Waals surface area (Å²) in [5.41, 5.74) is 2.35. The highest BCUT2D eigenvalue weighted by Crippen LogP contribution is 2.30. The maximum absolute atomic E-state index is 12.5. The van der Waals surface area contributed by atoms with E-state index in [4.69, 9.17) is 9.47 Å². The Labute approximate surface area is 140 Å². The minimum atomic E-state index is -0.154. The summed E-state index contributed by atoms with van der Waals surface area (Å²) in [5, 5.41) is 3.91. The van der Waals surface area contributed by atoms with E-state index in [1.807, 2.05) is 41.9 Å². The molecule has 1 N–H and O–H groups in total. The van der Waals surface area contributed by atoms with E-state index < -0.39 is 0 Å². The van der Waals surface area contributed by atoms with E-state index in [1.165, 1.54) is 0 Å². The molecule has 0 fully saturated rings. The van der Waals surface area contributed by atoms with Gasteiger partial charge in [0, 0.05) is 30.7 Å². The topological polar surface area (TPSA) is 65.4 Å². The van der Waals surface area contributed by atoms with Gasteiger partial charge in [0.15, 0.2) is 11.5 Å². The number of hydrogen-bond acceptors (Lipinski definition) is 4. The van der Waals surface area contributed by atoms with Crippen molar-refractivity contribution < 1.29 is 14.3 Å². The molecule has 0 aliphatic rings. The molecule has 0 radical (unpaired) electrons. The molecule has 6 heteroatoms. The first kappa shape index (κ1) is 15.9. The largest absolute Gasteiger partial charge is 0.493 e. The fourth-order valence-electron chi connectivity index (χ4n) is 2.75. The van der Waals surface area contributed by atoms with Crippen LogP contribution in [0.2, 0.25) is 0 Å². The van der Waals surface area contributed by atoms with Gasteiger partial charge in [-0.3, -0.25) is 9.78 Å². The van der Waals surface area contributed by atoms with E-state index in [-0.39, 0.29) is 5.91 Å². The van der Waals surface area contributed by atoms with Crippen LogP contribution in [0.15, 0.2) is 42.7 Å². The fourth-order valence-corrected chi connectivity index (χ4v) is 2.75. The number of amides is 1. The zero-order valence-electron chi connectivity index (χ0n) is 13.9. The number of rotatable bonds is 5. The quantitative estimate of drug-likeness (QED) is 0.783. The maximum Gasteiger partial charge on any atom is 0.268 e. The second kappa shape index (κ2) is 6.62. The molecule has 1 aromatic carbocycles. The van der Waals surface area contributed by atoms with Crippen LogP contribution in [0.1, 0.15) is 16.1 Å². The van der Waals surface area contributed by atoms with E-state index in [0.29, 0.717) is 23.7 Å². The second-order valence-corrected chi connectivity index (χ2v) is 5.36. The molecule has 24 heavy (non-hydrogen) atoms. The van der Waals surface area contributed by atoms with Gasteiger partial charge in [0.25, 0.3) is 5.91 Å². The van der Waals surface area contributed by atoms with Crippen LogP contribution in [0.5, 0.6) is 11.5 Å². The highest BCUT2D eigenvalue weighted by molar-refractivity contribution is 5.98. The van der Waals surface area contributed by atoms with Gasteiger partial charge >= 0.3 is 0 Å². The van der Waals surface area contributed by atoms with Crippen molar-refractivity contribution in [2.24, 2.45) is 7.05 Å². The van der Waals surface area contributed by atoms with Gasteiger partial charge < -0.3 is 19.4 Å². The number of carbonyl (C=O) groups is 1. The van der Waals surface area contributed by atoms with Crippen molar-refractivity contribution in [2.45, 2.75) is 6.54 Å². The van der Waals surface area contributed by atoms with Crippen molar-refractivity contribution >= 4 is 16.8 Å². The molecule has 6 nitrogen and oxygen atoms in total. The van der Waals surface area contributed by atoms with Gasteiger partial charge in [0.05, 0.1) is 25.9 Å². The number of nitrogens with zero attached hydrogens (tertiary/aromatic N) is 2. The van der Waals surface area contributed by atoms with E-state index in [0.717, 1.165) is 16.5 Å². The third-order valence-electron chi connectivity index (χ3n) is 4.00.